The van der Waals surface area contributed by atoms with Crippen LogP contribution in [-0.2, 0) is 4.74 Å². The topological polar surface area (TPSA) is 65.6 Å². The molecule has 4 rings (SSSR count). The number of carbonyl (C=O) groups is 1. The molecule has 0 bridgehead atoms. The first-order valence-corrected chi connectivity index (χ1v) is 11.3. The molecule has 0 fully saturated rings. The lowest BCUT2D eigenvalue weighted by Gasteiger charge is -2.19. The quantitative estimate of drug-likeness (QED) is 0.193. The Morgan fingerprint density at radius 1 is 1.06 bits per heavy atom. The molecular formula is C28H29N2O3+. The molecule has 0 amide bonds. The fourth-order valence-electron chi connectivity index (χ4n) is 4.23. The fourth-order valence-corrected chi connectivity index (χ4v) is 4.23. The van der Waals surface area contributed by atoms with E-state index in [0.29, 0.717) is 17.9 Å². The van der Waals surface area contributed by atoms with E-state index in [1.807, 2.05) is 57.2 Å². The smallest absolute Gasteiger partial charge is 0.338 e. The van der Waals surface area contributed by atoms with Crippen LogP contribution >= 0.6 is 0 Å². The number of hydrogen-bond acceptors (Lipinski definition) is 4. The third-order valence-corrected chi connectivity index (χ3v) is 5.71. The van der Waals surface area contributed by atoms with Gasteiger partial charge >= 0.3 is 11.3 Å². The molecule has 2 aromatic carbocycles. The SMILES string of the molecule is CC=[N+]=c1cc2oc3cc(NCC)c(C)cc3c(-c3ccccc3C(=O)OCC)c-2cc1C. The van der Waals surface area contributed by atoms with Crippen LogP contribution in [0, 0.1) is 13.8 Å². The zero-order chi connectivity index (χ0) is 23.5. The molecule has 1 N–H and O–H groups in total. The van der Waals surface area contributed by atoms with Crippen molar-refractivity contribution >= 4 is 28.8 Å². The Morgan fingerprint density at radius 2 is 1.85 bits per heavy atom. The number of anilines is 1. The predicted octanol–water partition coefficient (Wildman–Crippen LogP) is 5.49. The second kappa shape index (κ2) is 9.35. The number of benzene rings is 3. The first-order chi connectivity index (χ1) is 16.0. The number of ether oxygens (including phenoxy) is 1. The minimum Gasteiger partial charge on any atom is -0.462 e. The van der Waals surface area contributed by atoms with E-state index in [0.717, 1.165) is 56.4 Å². The van der Waals surface area contributed by atoms with E-state index in [1.165, 1.54) is 0 Å². The molecule has 0 saturated heterocycles. The summed E-state index contributed by atoms with van der Waals surface area (Å²) in [5.41, 5.74) is 7.16. The molecule has 1 aliphatic heterocycles. The van der Waals surface area contributed by atoms with Gasteiger partial charge in [-0.2, -0.15) is 0 Å². The summed E-state index contributed by atoms with van der Waals surface area (Å²) in [6.45, 7) is 11.0. The Balaban J connectivity index is 2.18. The van der Waals surface area contributed by atoms with Gasteiger partial charge in [0.2, 0.25) is 0 Å². The van der Waals surface area contributed by atoms with Gasteiger partial charge in [0.1, 0.15) is 11.3 Å². The number of esters is 1. The van der Waals surface area contributed by atoms with Crippen molar-refractivity contribution < 1.29 is 13.9 Å². The summed E-state index contributed by atoms with van der Waals surface area (Å²) in [6, 6.07) is 15.8. The van der Waals surface area contributed by atoms with Crippen molar-refractivity contribution in [3.8, 4) is 22.5 Å². The molecule has 2 aliphatic rings. The number of nitrogens with one attached hydrogen (secondary N) is 1. The van der Waals surface area contributed by atoms with E-state index in [4.69, 9.17) is 9.15 Å². The summed E-state index contributed by atoms with van der Waals surface area (Å²) < 4.78 is 16.3. The van der Waals surface area contributed by atoms with E-state index < -0.39 is 0 Å². The number of hydrogen-bond donors (Lipinski definition) is 1. The molecular weight excluding hydrogens is 412 g/mol. The van der Waals surface area contributed by atoms with E-state index in [-0.39, 0.29) is 5.97 Å². The highest BCUT2D eigenvalue weighted by Crippen LogP contribution is 2.42. The van der Waals surface area contributed by atoms with Crippen LogP contribution in [0.25, 0.3) is 33.4 Å². The van der Waals surface area contributed by atoms with Crippen molar-refractivity contribution in [2.24, 2.45) is 0 Å². The first kappa shape index (κ1) is 22.4. The molecule has 5 heteroatoms. The second-order valence-electron chi connectivity index (χ2n) is 7.96. The summed E-state index contributed by atoms with van der Waals surface area (Å²) in [6.07, 6.45) is 1.78. The average Bonchev–Trinajstić information content (AvgIpc) is 2.80. The van der Waals surface area contributed by atoms with Gasteiger partial charge in [-0.25, -0.2) is 4.79 Å². The molecule has 168 valence electrons. The van der Waals surface area contributed by atoms with Crippen LogP contribution in [0.2, 0.25) is 0 Å². The Kier molecular flexibility index (Phi) is 6.34. The third-order valence-electron chi connectivity index (χ3n) is 5.71. The van der Waals surface area contributed by atoms with Gasteiger partial charge in [-0.15, -0.1) is 0 Å². The van der Waals surface area contributed by atoms with Crippen molar-refractivity contribution in [3.05, 3.63) is 70.6 Å². The number of rotatable bonds is 5. The van der Waals surface area contributed by atoms with Crippen molar-refractivity contribution in [1.82, 2.24) is 4.67 Å². The highest BCUT2D eigenvalue weighted by Gasteiger charge is 2.24. The summed E-state index contributed by atoms with van der Waals surface area (Å²) in [7, 11) is 0. The standard InChI is InChI=1S/C28H28N2O3/c1-6-29-23-15-25-21(13-17(23)4)27(19-11-9-10-12-20(19)28(31)32-8-3)22-14-18(5)24(30-7-2)16-26(22)33-25/h6,9-16H,7-8H2,1-5H3/p+1. The van der Waals surface area contributed by atoms with Crippen molar-refractivity contribution in [1.29, 1.82) is 0 Å². The van der Waals surface area contributed by atoms with Gasteiger partial charge in [0.15, 0.2) is 0 Å². The number of fused-ring (bicyclic) bond motifs is 2. The molecule has 0 atom stereocenters. The van der Waals surface area contributed by atoms with Crippen LogP contribution in [0.4, 0.5) is 5.69 Å². The highest BCUT2D eigenvalue weighted by molar-refractivity contribution is 6.08. The van der Waals surface area contributed by atoms with Crippen molar-refractivity contribution in [3.63, 3.8) is 0 Å². The van der Waals surface area contributed by atoms with Crippen LogP contribution in [0.15, 0.2) is 52.9 Å². The van der Waals surface area contributed by atoms with Crippen molar-refractivity contribution in [2.75, 3.05) is 18.5 Å². The zero-order valence-corrected chi connectivity index (χ0v) is 19.8. The summed E-state index contributed by atoms with van der Waals surface area (Å²) in [5, 5.41) is 5.21. The molecule has 5 nitrogen and oxygen atoms in total. The lowest BCUT2D eigenvalue weighted by molar-refractivity contribution is 0.0527. The molecule has 2 aromatic rings. The fraction of sp³-hybridized carbons (Fsp3) is 0.250. The van der Waals surface area contributed by atoms with E-state index in [2.05, 4.69) is 36.0 Å². The van der Waals surface area contributed by atoms with Crippen LogP contribution in [0.5, 0.6) is 0 Å². The Labute approximate surface area is 193 Å². The van der Waals surface area contributed by atoms with Gasteiger partial charge in [-0.3, -0.25) is 0 Å². The van der Waals surface area contributed by atoms with E-state index in [9.17, 15) is 4.79 Å². The molecule has 0 spiro atoms. The predicted molar refractivity (Wildman–Crippen MR) is 135 cm³/mol. The maximum atomic E-state index is 12.8. The number of nitrogens with zero attached hydrogens (tertiary/aromatic N) is 1. The molecule has 0 radical (unpaired) electrons. The summed E-state index contributed by atoms with van der Waals surface area (Å²) >= 11 is 0. The van der Waals surface area contributed by atoms with Crippen LogP contribution in [-0.4, -0.2) is 25.3 Å². The number of carbonyl (C=O) groups excluding carboxylic acids is 1. The Morgan fingerprint density at radius 3 is 2.58 bits per heavy atom. The third kappa shape index (κ3) is 4.15. The monoisotopic (exact) mass is 441 g/mol. The van der Waals surface area contributed by atoms with Crippen LogP contribution in [0.1, 0.15) is 42.3 Å². The van der Waals surface area contributed by atoms with Crippen molar-refractivity contribution in [2.45, 2.75) is 34.6 Å². The summed E-state index contributed by atoms with van der Waals surface area (Å²) in [4.78, 5) is 12.8. The molecule has 0 aromatic heterocycles. The zero-order valence-electron chi connectivity index (χ0n) is 19.8. The second-order valence-corrected chi connectivity index (χ2v) is 7.96. The minimum absolute atomic E-state index is 0.321. The maximum absolute atomic E-state index is 12.8. The van der Waals surface area contributed by atoms with Gasteiger partial charge in [-0.05, 0) is 57.0 Å². The highest BCUT2D eigenvalue weighted by atomic mass is 16.5. The van der Waals surface area contributed by atoms with Gasteiger partial charge in [0.05, 0.1) is 18.2 Å². The molecule has 1 heterocycles. The molecule has 0 saturated carbocycles. The largest absolute Gasteiger partial charge is 0.462 e. The van der Waals surface area contributed by atoms with Crippen LogP contribution in [0.3, 0.4) is 0 Å². The van der Waals surface area contributed by atoms with E-state index >= 15 is 0 Å². The summed E-state index contributed by atoms with van der Waals surface area (Å²) in [5.74, 6) is 0.383. The lowest BCUT2D eigenvalue weighted by Crippen LogP contribution is -2.12. The van der Waals surface area contributed by atoms with E-state index in [1.54, 1.807) is 6.21 Å². The Hall–Kier alpha value is -3.82. The lowest BCUT2D eigenvalue weighted by atomic mass is 9.89. The first-order valence-electron chi connectivity index (χ1n) is 11.3. The Bertz CT molecular complexity index is 1430. The molecule has 1 aliphatic carbocycles. The average molecular weight is 442 g/mol. The van der Waals surface area contributed by atoms with Crippen LogP contribution < -0.4 is 15.3 Å². The minimum atomic E-state index is -0.333. The van der Waals surface area contributed by atoms with Gasteiger partial charge < -0.3 is 14.5 Å². The molecule has 0 unspecified atom stereocenters. The van der Waals surface area contributed by atoms with Gasteiger partial charge in [0.25, 0.3) is 6.21 Å². The number of aryl methyl sites for hydroxylation is 2. The van der Waals surface area contributed by atoms with Gasteiger partial charge in [-0.1, -0.05) is 22.9 Å². The maximum Gasteiger partial charge on any atom is 0.338 e. The van der Waals surface area contributed by atoms with Gasteiger partial charge in [0, 0.05) is 47.3 Å². The molecule has 33 heavy (non-hydrogen) atoms. The normalized spacial score (nSPS) is 10.8.